The fraction of sp³-hybridized carbons (Fsp3) is 0.400. The highest BCUT2D eigenvalue weighted by atomic mass is 35.5. The van der Waals surface area contributed by atoms with E-state index in [1.807, 2.05) is 30.5 Å². The highest BCUT2D eigenvalue weighted by Crippen LogP contribution is 2.28. The summed E-state index contributed by atoms with van der Waals surface area (Å²) in [7, 11) is 0. The van der Waals surface area contributed by atoms with E-state index in [-0.39, 0.29) is 0 Å². The number of nitrogens with one attached hydrogen (secondary N) is 1. The molecule has 20 heavy (non-hydrogen) atoms. The smallest absolute Gasteiger partial charge is 0.106 e. The molecule has 0 aliphatic carbocycles. The first-order valence-electron chi connectivity index (χ1n) is 6.86. The van der Waals surface area contributed by atoms with Gasteiger partial charge in [0.05, 0.1) is 10.7 Å². The highest BCUT2D eigenvalue weighted by molar-refractivity contribution is 6.33. The second kappa shape index (κ2) is 6.77. The van der Waals surface area contributed by atoms with Gasteiger partial charge in [0.2, 0.25) is 0 Å². The van der Waals surface area contributed by atoms with Crippen molar-refractivity contribution in [1.29, 1.82) is 0 Å². The van der Waals surface area contributed by atoms with Crippen LogP contribution in [0.4, 0.5) is 5.69 Å². The molecule has 3 N–H and O–H groups in total. The van der Waals surface area contributed by atoms with Gasteiger partial charge in [0.1, 0.15) is 5.69 Å². The predicted octanol–water partition coefficient (Wildman–Crippen LogP) is 3.17. The Balaban J connectivity index is 2.22. The molecule has 0 spiro atoms. The highest BCUT2D eigenvalue weighted by Gasteiger charge is 2.14. The number of hydrogen-bond acceptors (Lipinski definition) is 3. The number of para-hydroxylation sites is 1. The molecule has 0 saturated heterocycles. The average Bonchev–Trinajstić information content (AvgIpc) is 2.92. The van der Waals surface area contributed by atoms with E-state index < -0.39 is 0 Å². The van der Waals surface area contributed by atoms with Crippen LogP contribution in [0.25, 0.3) is 5.69 Å². The summed E-state index contributed by atoms with van der Waals surface area (Å²) in [6.07, 6.45) is 3.62. The number of rotatable bonds is 6. The van der Waals surface area contributed by atoms with Gasteiger partial charge in [-0.05, 0) is 36.6 Å². The summed E-state index contributed by atoms with van der Waals surface area (Å²) in [5, 5.41) is 8.38. The molecule has 108 valence electrons. The van der Waals surface area contributed by atoms with E-state index in [0.29, 0.717) is 23.4 Å². The minimum absolute atomic E-state index is 0.430. The van der Waals surface area contributed by atoms with Crippen molar-refractivity contribution in [2.45, 2.75) is 13.8 Å². The van der Waals surface area contributed by atoms with Crippen LogP contribution in [-0.4, -0.2) is 22.9 Å². The summed E-state index contributed by atoms with van der Waals surface area (Å²) < 4.78 is 1.78. The first-order valence-corrected chi connectivity index (χ1v) is 7.23. The first kappa shape index (κ1) is 14.9. The van der Waals surface area contributed by atoms with Crippen molar-refractivity contribution in [2.75, 3.05) is 18.4 Å². The Hall–Kier alpha value is -1.52. The summed E-state index contributed by atoms with van der Waals surface area (Å²) in [5.41, 5.74) is 7.66. The lowest BCUT2D eigenvalue weighted by Crippen LogP contribution is -2.27. The van der Waals surface area contributed by atoms with Crippen LogP contribution >= 0.6 is 11.6 Å². The molecule has 1 aromatic carbocycles. The number of halogens is 1. The van der Waals surface area contributed by atoms with E-state index in [1.54, 1.807) is 10.9 Å². The summed E-state index contributed by atoms with van der Waals surface area (Å²) in [6.45, 7) is 5.86. The van der Waals surface area contributed by atoms with Crippen LogP contribution in [0.15, 0.2) is 36.7 Å². The molecule has 0 bridgehead atoms. The minimum atomic E-state index is 0.430. The second-order valence-corrected chi connectivity index (χ2v) is 5.61. The van der Waals surface area contributed by atoms with Crippen molar-refractivity contribution < 1.29 is 0 Å². The topological polar surface area (TPSA) is 55.9 Å². The number of hydrogen-bond donors (Lipinski definition) is 2. The molecule has 2 rings (SSSR count). The fourth-order valence-electron chi connectivity index (χ4n) is 2.12. The fourth-order valence-corrected chi connectivity index (χ4v) is 2.39. The molecule has 0 radical (unpaired) electrons. The van der Waals surface area contributed by atoms with Gasteiger partial charge < -0.3 is 11.1 Å². The van der Waals surface area contributed by atoms with Crippen molar-refractivity contribution in [3.8, 4) is 5.69 Å². The van der Waals surface area contributed by atoms with Gasteiger partial charge >= 0.3 is 0 Å². The molecule has 1 aromatic heterocycles. The van der Waals surface area contributed by atoms with Crippen molar-refractivity contribution in [3.05, 3.63) is 41.7 Å². The Morgan fingerprint density at radius 1 is 1.35 bits per heavy atom. The van der Waals surface area contributed by atoms with Gasteiger partial charge in [-0.1, -0.05) is 31.5 Å². The Labute approximate surface area is 124 Å². The van der Waals surface area contributed by atoms with Gasteiger partial charge in [0.15, 0.2) is 0 Å². The van der Waals surface area contributed by atoms with Crippen molar-refractivity contribution in [3.63, 3.8) is 0 Å². The molecule has 0 amide bonds. The van der Waals surface area contributed by atoms with Crippen LogP contribution in [0.1, 0.15) is 13.8 Å². The number of nitrogens with zero attached hydrogens (tertiary/aromatic N) is 2. The molecule has 1 heterocycles. The molecule has 2 aromatic rings. The van der Waals surface area contributed by atoms with Gasteiger partial charge in [-0.3, -0.25) is 0 Å². The van der Waals surface area contributed by atoms with Gasteiger partial charge in [0.25, 0.3) is 0 Å². The van der Waals surface area contributed by atoms with Crippen LogP contribution in [0.5, 0.6) is 0 Å². The molecule has 4 nitrogen and oxygen atoms in total. The SMILES string of the molecule is CC(C)C(CN)CNc1cccc(Cl)c1-n1cccn1. The zero-order valence-corrected chi connectivity index (χ0v) is 12.6. The zero-order valence-electron chi connectivity index (χ0n) is 11.9. The minimum Gasteiger partial charge on any atom is -0.383 e. The van der Waals surface area contributed by atoms with Crippen molar-refractivity contribution in [1.82, 2.24) is 9.78 Å². The molecule has 0 aliphatic rings. The van der Waals surface area contributed by atoms with Gasteiger partial charge in [-0.15, -0.1) is 0 Å². The monoisotopic (exact) mass is 292 g/mol. The number of nitrogens with two attached hydrogens (primary N) is 1. The van der Waals surface area contributed by atoms with Crippen LogP contribution in [-0.2, 0) is 0 Å². The van der Waals surface area contributed by atoms with E-state index in [4.69, 9.17) is 17.3 Å². The Bertz CT molecular complexity index is 537. The normalized spacial score (nSPS) is 12.7. The molecular formula is C15H21ClN4. The maximum absolute atomic E-state index is 6.31. The third-order valence-corrected chi connectivity index (χ3v) is 3.83. The first-order chi connectivity index (χ1) is 9.63. The lowest BCUT2D eigenvalue weighted by molar-refractivity contribution is 0.413. The van der Waals surface area contributed by atoms with Gasteiger partial charge in [-0.25, -0.2) is 4.68 Å². The Morgan fingerprint density at radius 2 is 2.15 bits per heavy atom. The molecule has 5 heteroatoms. The van der Waals surface area contributed by atoms with Crippen LogP contribution in [0, 0.1) is 11.8 Å². The summed E-state index contributed by atoms with van der Waals surface area (Å²) in [6, 6.07) is 7.69. The Morgan fingerprint density at radius 3 is 2.75 bits per heavy atom. The lowest BCUT2D eigenvalue weighted by atomic mass is 9.96. The van der Waals surface area contributed by atoms with Crippen molar-refractivity contribution in [2.24, 2.45) is 17.6 Å². The largest absolute Gasteiger partial charge is 0.383 e. The maximum atomic E-state index is 6.31. The number of benzene rings is 1. The summed E-state index contributed by atoms with van der Waals surface area (Å²) >= 11 is 6.31. The van der Waals surface area contributed by atoms with Crippen LogP contribution in [0.2, 0.25) is 5.02 Å². The summed E-state index contributed by atoms with van der Waals surface area (Å²) in [4.78, 5) is 0. The van der Waals surface area contributed by atoms with E-state index in [9.17, 15) is 0 Å². The predicted molar refractivity (Wildman–Crippen MR) is 84.4 cm³/mol. The van der Waals surface area contributed by atoms with Crippen molar-refractivity contribution >= 4 is 17.3 Å². The molecular weight excluding hydrogens is 272 g/mol. The molecule has 0 saturated carbocycles. The van der Waals surface area contributed by atoms with E-state index >= 15 is 0 Å². The standard InChI is InChI=1S/C15H21ClN4/c1-11(2)12(9-17)10-18-14-6-3-5-13(16)15(14)20-8-4-7-19-20/h3-8,11-12,18H,9-10,17H2,1-2H3. The van der Waals surface area contributed by atoms with E-state index in [2.05, 4.69) is 24.3 Å². The molecule has 1 unspecified atom stereocenters. The quantitative estimate of drug-likeness (QED) is 0.860. The van der Waals surface area contributed by atoms with E-state index in [0.717, 1.165) is 17.9 Å². The lowest BCUT2D eigenvalue weighted by Gasteiger charge is -2.21. The maximum Gasteiger partial charge on any atom is 0.106 e. The second-order valence-electron chi connectivity index (χ2n) is 5.21. The average molecular weight is 293 g/mol. The van der Waals surface area contributed by atoms with E-state index in [1.165, 1.54) is 0 Å². The zero-order chi connectivity index (χ0) is 14.5. The third kappa shape index (κ3) is 3.32. The van der Waals surface area contributed by atoms with Crippen LogP contribution in [0.3, 0.4) is 0 Å². The summed E-state index contributed by atoms with van der Waals surface area (Å²) in [5.74, 6) is 0.972. The number of anilines is 1. The molecule has 0 fully saturated rings. The Kier molecular flexibility index (Phi) is 5.04. The van der Waals surface area contributed by atoms with Gasteiger partial charge in [0, 0.05) is 18.9 Å². The third-order valence-electron chi connectivity index (χ3n) is 3.52. The number of aromatic nitrogens is 2. The van der Waals surface area contributed by atoms with Crippen LogP contribution < -0.4 is 11.1 Å². The van der Waals surface area contributed by atoms with Gasteiger partial charge in [-0.2, -0.15) is 5.10 Å². The molecule has 1 atom stereocenters. The molecule has 0 aliphatic heterocycles.